The van der Waals surface area contributed by atoms with Gasteiger partial charge in [0.15, 0.2) is 23.0 Å². The molecule has 1 N–H and O–H groups in total. The van der Waals surface area contributed by atoms with Gasteiger partial charge in [-0.25, -0.2) is 0 Å². The Morgan fingerprint density at radius 1 is 0.718 bits per heavy atom. The largest absolute Gasteiger partial charge is 0.516 e. The molecule has 1 aliphatic carbocycles. The second kappa shape index (κ2) is 21.3. The molecule has 0 radical (unpaired) electrons. The highest BCUT2D eigenvalue weighted by Crippen LogP contribution is 2.51. The molecule has 8 aromatic rings. The van der Waals surface area contributed by atoms with Gasteiger partial charge in [-0.1, -0.05) is 178 Å². The number of hydrogen-bond donors (Lipinski definition) is 1. The number of aliphatic hydroxyl groups is 1. The van der Waals surface area contributed by atoms with Crippen LogP contribution >= 0.6 is 0 Å². The standard InChI is InChI=1S/C34H37N.C20H17NO2.C9H13NO.C2H6/c1-23-15-11-13-19-27(23)34(5,6)28-21-22-30-31(26-18-12-14-20-29(26)35(30)7)32(28)33(3,4)24(2)25-16-9-8-10-17-25;1-12-6-5-7-13-14-10-18-19(11-15(14)21(2)20(12)13)23-17-9-4-3-8-16(17)22-18;1-5-8(2)10(4)9(3)6-7-11;1-2/h8-22,24H,1-7H3;3-5,7-12H,6H2,1-2H3;5-7,11H,1-3H2,4H3;1-2H3/b;;7-6+;. The highest BCUT2D eigenvalue weighted by Gasteiger charge is 2.39. The summed E-state index contributed by atoms with van der Waals surface area (Å²) in [7, 11) is 6.14. The van der Waals surface area contributed by atoms with Crippen LogP contribution in [0.1, 0.15) is 113 Å². The molecule has 0 amide bonds. The summed E-state index contributed by atoms with van der Waals surface area (Å²) in [6, 6.07) is 45.5. The maximum Gasteiger partial charge on any atom is 0.172 e. The number of ether oxygens (including phenoxy) is 2. The maximum atomic E-state index is 8.42. The number of para-hydroxylation sites is 3. The minimum atomic E-state index is -0.139. The van der Waals surface area contributed by atoms with E-state index in [-0.39, 0.29) is 10.8 Å². The van der Waals surface area contributed by atoms with E-state index in [1.807, 2.05) is 38.1 Å². The highest BCUT2D eigenvalue weighted by atomic mass is 16.6. The number of likely N-dealkylation sites (N-methyl/N-ethyl adjacent to an activating group) is 1. The first-order valence-corrected chi connectivity index (χ1v) is 25.0. The normalized spacial score (nSPS) is 14.0. The maximum absolute atomic E-state index is 8.42. The van der Waals surface area contributed by atoms with E-state index in [1.165, 1.54) is 77.9 Å². The van der Waals surface area contributed by atoms with E-state index in [0.29, 0.717) is 17.5 Å². The molecule has 2 aliphatic rings. The summed E-state index contributed by atoms with van der Waals surface area (Å²) in [6.07, 6.45) is 9.63. The molecule has 0 fully saturated rings. The van der Waals surface area contributed by atoms with Gasteiger partial charge in [0, 0.05) is 88.4 Å². The number of fused-ring (bicyclic) bond motifs is 8. The van der Waals surface area contributed by atoms with E-state index >= 15 is 0 Å². The van der Waals surface area contributed by atoms with Crippen LogP contribution in [0.15, 0.2) is 183 Å². The van der Waals surface area contributed by atoms with Gasteiger partial charge in [0.05, 0.1) is 11.8 Å². The fourth-order valence-corrected chi connectivity index (χ4v) is 10.5. The van der Waals surface area contributed by atoms with Crippen molar-refractivity contribution in [3.63, 3.8) is 0 Å². The molecule has 71 heavy (non-hydrogen) atoms. The minimum Gasteiger partial charge on any atom is -0.516 e. The minimum absolute atomic E-state index is 0.0969. The van der Waals surface area contributed by atoms with Gasteiger partial charge in [-0.2, -0.15) is 0 Å². The van der Waals surface area contributed by atoms with Gasteiger partial charge in [0.25, 0.3) is 0 Å². The Morgan fingerprint density at radius 3 is 1.97 bits per heavy atom. The Morgan fingerprint density at radius 2 is 1.32 bits per heavy atom. The third-order valence-electron chi connectivity index (χ3n) is 14.8. The number of hydrogen-bond acceptors (Lipinski definition) is 4. The Bertz CT molecular complexity index is 3300. The SMILES string of the molecule is C=CC(=C)N(C)C(=C)/C=C/O.CC.CC1CC=Cc2c1n(C)c1cc3c(cc21)Oc1ccccc1O3.Cc1ccccc1C(C)(C)c1ccc2c(c1C(C)(C)C(C)c1ccccc1)c1ccccc1n2C. The van der Waals surface area contributed by atoms with E-state index in [0.717, 1.165) is 41.4 Å². The predicted molar refractivity (Wildman–Crippen MR) is 303 cm³/mol. The van der Waals surface area contributed by atoms with Crippen molar-refractivity contribution in [1.29, 1.82) is 0 Å². The third-order valence-corrected chi connectivity index (χ3v) is 14.8. The predicted octanol–water partition coefficient (Wildman–Crippen LogP) is 17.9. The number of aliphatic hydroxyl groups excluding tert-OH is 1. The Labute approximate surface area is 423 Å². The zero-order chi connectivity index (χ0) is 51.4. The van der Waals surface area contributed by atoms with Gasteiger partial charge < -0.3 is 28.6 Å². The molecular weight excluding hydrogens is 871 g/mol. The highest BCUT2D eigenvalue weighted by molar-refractivity contribution is 6.10. The van der Waals surface area contributed by atoms with Crippen LogP contribution in [0.3, 0.4) is 0 Å². The van der Waals surface area contributed by atoms with E-state index in [2.05, 4.69) is 207 Å². The lowest BCUT2D eigenvalue weighted by molar-refractivity contribution is 0.360. The summed E-state index contributed by atoms with van der Waals surface area (Å²) in [5.41, 5.74) is 14.7. The number of nitrogens with zero attached hydrogens (tertiary/aromatic N) is 3. The molecular formula is C65H73N3O3. The first kappa shape index (κ1) is 51.4. The fourth-order valence-electron chi connectivity index (χ4n) is 10.5. The van der Waals surface area contributed by atoms with Crippen LogP contribution in [0.25, 0.3) is 38.8 Å². The van der Waals surface area contributed by atoms with Gasteiger partial charge >= 0.3 is 0 Å². The molecule has 0 saturated heterocycles. The van der Waals surface area contributed by atoms with E-state index < -0.39 is 0 Å². The Kier molecular flexibility index (Phi) is 15.4. The average Bonchev–Trinajstić information content (AvgIpc) is 3.84. The van der Waals surface area contributed by atoms with E-state index in [1.54, 1.807) is 18.0 Å². The first-order valence-electron chi connectivity index (χ1n) is 25.0. The molecule has 6 heteroatoms. The molecule has 0 saturated carbocycles. The molecule has 2 aromatic heterocycles. The van der Waals surface area contributed by atoms with Gasteiger partial charge in [-0.05, 0) is 95.0 Å². The van der Waals surface area contributed by atoms with Gasteiger partial charge in [0.2, 0.25) is 0 Å². The number of aryl methyl sites for hydroxylation is 3. The van der Waals surface area contributed by atoms with Crippen molar-refractivity contribution in [2.24, 2.45) is 14.1 Å². The van der Waals surface area contributed by atoms with Crippen molar-refractivity contribution in [1.82, 2.24) is 14.0 Å². The molecule has 366 valence electrons. The molecule has 0 bridgehead atoms. The molecule has 2 atom stereocenters. The van der Waals surface area contributed by atoms with Crippen LogP contribution in [0.5, 0.6) is 23.0 Å². The lowest BCUT2D eigenvalue weighted by Crippen LogP contribution is -2.31. The fraction of sp³-hybridized carbons (Fsp3) is 0.262. The lowest BCUT2D eigenvalue weighted by Gasteiger charge is -2.40. The van der Waals surface area contributed by atoms with Crippen molar-refractivity contribution in [3.05, 3.63) is 222 Å². The lowest BCUT2D eigenvalue weighted by atomic mass is 9.64. The molecule has 6 aromatic carbocycles. The van der Waals surface area contributed by atoms with Crippen molar-refractivity contribution in [2.75, 3.05) is 7.05 Å². The number of aromatic nitrogens is 2. The third kappa shape index (κ3) is 9.73. The second-order valence-corrected chi connectivity index (χ2v) is 19.7. The second-order valence-electron chi connectivity index (χ2n) is 19.7. The smallest absolute Gasteiger partial charge is 0.172 e. The number of rotatable bonds is 9. The van der Waals surface area contributed by atoms with Crippen LogP contribution in [0.2, 0.25) is 0 Å². The zero-order valence-electron chi connectivity index (χ0n) is 44.1. The Balaban J connectivity index is 0.000000176. The van der Waals surface area contributed by atoms with E-state index in [4.69, 9.17) is 14.6 Å². The molecule has 1 aliphatic heterocycles. The molecule has 6 nitrogen and oxygen atoms in total. The van der Waals surface area contributed by atoms with Crippen molar-refractivity contribution < 1.29 is 14.6 Å². The summed E-state index contributed by atoms with van der Waals surface area (Å²) >= 11 is 0. The zero-order valence-corrected chi connectivity index (χ0v) is 44.1. The van der Waals surface area contributed by atoms with Crippen molar-refractivity contribution in [3.8, 4) is 23.0 Å². The Hall–Kier alpha value is -7.44. The van der Waals surface area contributed by atoms with Crippen molar-refractivity contribution >= 4 is 38.8 Å². The summed E-state index contributed by atoms with van der Waals surface area (Å²) in [6.45, 7) is 31.5. The van der Waals surface area contributed by atoms with Gasteiger partial charge in [-0.3, -0.25) is 0 Å². The summed E-state index contributed by atoms with van der Waals surface area (Å²) in [5.74, 6) is 3.99. The van der Waals surface area contributed by atoms with Gasteiger partial charge in [-0.15, -0.1) is 0 Å². The van der Waals surface area contributed by atoms with Crippen LogP contribution in [0.4, 0.5) is 0 Å². The van der Waals surface area contributed by atoms with E-state index in [9.17, 15) is 0 Å². The topological polar surface area (TPSA) is 51.8 Å². The molecule has 3 heterocycles. The summed E-state index contributed by atoms with van der Waals surface area (Å²) in [4.78, 5) is 1.72. The van der Waals surface area contributed by atoms with Gasteiger partial charge in [0.1, 0.15) is 0 Å². The number of benzene rings is 6. The number of allylic oxidation sites excluding steroid dienone is 3. The van der Waals surface area contributed by atoms with Crippen LogP contribution < -0.4 is 9.47 Å². The van der Waals surface area contributed by atoms with Crippen LogP contribution in [0, 0.1) is 6.92 Å². The van der Waals surface area contributed by atoms with Crippen LogP contribution in [-0.4, -0.2) is 26.2 Å². The first-order chi connectivity index (χ1) is 34.0. The van der Waals surface area contributed by atoms with Crippen LogP contribution in [-0.2, 0) is 24.9 Å². The molecule has 10 rings (SSSR count). The molecule has 0 spiro atoms. The quantitative estimate of drug-likeness (QED) is 0.116. The summed E-state index contributed by atoms with van der Waals surface area (Å²) < 4.78 is 16.8. The monoisotopic (exact) mass is 944 g/mol. The summed E-state index contributed by atoms with van der Waals surface area (Å²) in [5, 5.41) is 12.4. The molecule has 2 unspecified atom stereocenters. The van der Waals surface area contributed by atoms with Crippen molar-refractivity contribution in [2.45, 2.75) is 91.4 Å². The average molecular weight is 944 g/mol.